The van der Waals surface area contributed by atoms with Crippen LogP contribution in [0.4, 0.5) is 24.7 Å². The fraction of sp³-hybridized carbons (Fsp3) is 0.407. The van der Waals surface area contributed by atoms with Crippen molar-refractivity contribution in [3.8, 4) is 0 Å². The summed E-state index contributed by atoms with van der Waals surface area (Å²) in [6, 6.07) is 4.68. The van der Waals surface area contributed by atoms with Gasteiger partial charge in [0.05, 0.1) is 22.3 Å². The van der Waals surface area contributed by atoms with Crippen LogP contribution in [0.15, 0.2) is 36.7 Å². The van der Waals surface area contributed by atoms with E-state index in [0.29, 0.717) is 64.6 Å². The number of rotatable bonds is 5. The molecule has 0 bridgehead atoms. The predicted octanol–water partition coefficient (Wildman–Crippen LogP) is 4.60. The molecule has 4 aromatic rings. The minimum absolute atomic E-state index is 0.00853. The summed E-state index contributed by atoms with van der Waals surface area (Å²) in [5.41, 5.74) is 6.41. The number of nitrogens with two attached hydrogens (primary N) is 1. The van der Waals surface area contributed by atoms with Gasteiger partial charge in [0.2, 0.25) is 5.91 Å². The zero-order valence-corrected chi connectivity index (χ0v) is 23.0. The van der Waals surface area contributed by atoms with Crippen LogP contribution >= 0.6 is 7.14 Å². The van der Waals surface area contributed by atoms with Crippen molar-refractivity contribution in [3.05, 3.63) is 53.6 Å². The predicted molar refractivity (Wildman–Crippen MR) is 147 cm³/mol. The molecule has 1 amide bonds. The number of nitrogens with one attached hydrogen (secondary N) is 1. The molecule has 0 spiro atoms. The molecule has 2 fully saturated rings. The number of nitrogen functional groups attached to an aromatic ring is 1. The summed E-state index contributed by atoms with van der Waals surface area (Å²) in [5.74, 6) is 1.11. The Balaban J connectivity index is 1.40. The maximum absolute atomic E-state index is 14.4. The number of carbonyl (C=O) groups is 1. The van der Waals surface area contributed by atoms with Gasteiger partial charge in [-0.15, -0.1) is 0 Å². The molecule has 40 heavy (non-hydrogen) atoms. The number of hydrogen-bond acceptors (Lipinski definition) is 7. The Labute approximate surface area is 228 Å². The molecule has 9 nitrogen and oxygen atoms in total. The summed E-state index contributed by atoms with van der Waals surface area (Å²) >= 11 is 0. The highest BCUT2D eigenvalue weighted by Gasteiger charge is 2.39. The Morgan fingerprint density at radius 1 is 1.12 bits per heavy atom. The van der Waals surface area contributed by atoms with Crippen molar-refractivity contribution in [2.75, 3.05) is 36.5 Å². The first kappa shape index (κ1) is 26.6. The number of anilines is 2. The molecule has 2 aliphatic rings. The second-order valence-electron chi connectivity index (χ2n) is 10.7. The van der Waals surface area contributed by atoms with Crippen molar-refractivity contribution in [1.82, 2.24) is 24.3 Å². The Kier molecular flexibility index (Phi) is 6.29. The Morgan fingerprint density at radius 2 is 1.85 bits per heavy atom. The van der Waals surface area contributed by atoms with Crippen molar-refractivity contribution >= 4 is 46.5 Å². The number of halogens is 3. The second-order valence-corrected chi connectivity index (χ2v) is 13.9. The van der Waals surface area contributed by atoms with Gasteiger partial charge in [0.25, 0.3) is 0 Å². The largest absolute Gasteiger partial charge is 0.416 e. The number of benzene rings is 1. The van der Waals surface area contributed by atoms with Crippen LogP contribution in [0.25, 0.3) is 16.7 Å². The molecule has 1 saturated heterocycles. The SMILES string of the molecule is Cc1nc(N[C@H](C)c2cc(N)cc(C(F)(F)F)c2)c2cc(P3(=O)CCN(C(=O)C4CC4)CC3)c3nccn3c2n1. The number of aromatic nitrogens is 4. The summed E-state index contributed by atoms with van der Waals surface area (Å²) in [5, 5.41) is 4.40. The number of fused-ring (bicyclic) bond motifs is 3. The average Bonchev–Trinajstić information content (AvgIpc) is 3.63. The number of carbonyl (C=O) groups excluding carboxylic acids is 1. The number of aryl methyl sites for hydroxylation is 1. The first-order valence-electron chi connectivity index (χ1n) is 13.2. The molecule has 1 aliphatic carbocycles. The van der Waals surface area contributed by atoms with Crippen LogP contribution in [0.5, 0.6) is 0 Å². The van der Waals surface area contributed by atoms with E-state index in [4.69, 9.17) is 5.73 Å². The van der Waals surface area contributed by atoms with Crippen LogP contribution in [0.2, 0.25) is 0 Å². The fourth-order valence-electron chi connectivity index (χ4n) is 5.37. The fourth-order valence-corrected chi connectivity index (χ4v) is 8.10. The molecule has 0 unspecified atom stereocenters. The number of imidazole rings is 1. The van der Waals surface area contributed by atoms with Gasteiger partial charge in [0.15, 0.2) is 5.65 Å². The number of hydrogen-bond donors (Lipinski definition) is 2. The molecule has 1 saturated carbocycles. The highest BCUT2D eigenvalue weighted by atomic mass is 31.2. The maximum Gasteiger partial charge on any atom is 0.416 e. The molecule has 6 rings (SSSR count). The molecule has 1 aromatic carbocycles. The highest BCUT2D eigenvalue weighted by Crippen LogP contribution is 2.48. The molecule has 13 heteroatoms. The smallest absolute Gasteiger partial charge is 0.399 e. The number of pyridine rings is 1. The molecule has 1 atom stereocenters. The summed E-state index contributed by atoms with van der Waals surface area (Å²) < 4.78 is 56.4. The monoisotopic (exact) mass is 571 g/mol. The first-order chi connectivity index (χ1) is 18.9. The molecule has 0 radical (unpaired) electrons. The second kappa shape index (κ2) is 9.47. The van der Waals surface area contributed by atoms with Crippen molar-refractivity contribution in [2.45, 2.75) is 38.9 Å². The van der Waals surface area contributed by atoms with Crippen molar-refractivity contribution in [2.24, 2.45) is 5.92 Å². The van der Waals surface area contributed by atoms with E-state index in [1.165, 1.54) is 6.07 Å². The number of amides is 1. The van der Waals surface area contributed by atoms with Gasteiger partial charge in [-0.05, 0) is 56.5 Å². The summed E-state index contributed by atoms with van der Waals surface area (Å²) in [6.45, 7) is 4.31. The van der Waals surface area contributed by atoms with E-state index in [0.717, 1.165) is 25.0 Å². The number of nitrogens with zero attached hydrogens (tertiary/aromatic N) is 5. The molecule has 3 N–H and O–H groups in total. The van der Waals surface area contributed by atoms with Crippen LogP contribution in [0.1, 0.15) is 42.8 Å². The summed E-state index contributed by atoms with van der Waals surface area (Å²) in [4.78, 5) is 28.1. The van der Waals surface area contributed by atoms with E-state index in [-0.39, 0.29) is 17.5 Å². The lowest BCUT2D eigenvalue weighted by atomic mass is 10.0. The van der Waals surface area contributed by atoms with Crippen LogP contribution < -0.4 is 16.4 Å². The zero-order chi connectivity index (χ0) is 28.4. The van der Waals surface area contributed by atoms with Crippen LogP contribution in [0, 0.1) is 12.8 Å². The topological polar surface area (TPSA) is 119 Å². The van der Waals surface area contributed by atoms with E-state index < -0.39 is 24.9 Å². The molecular weight excluding hydrogens is 542 g/mol. The van der Waals surface area contributed by atoms with Gasteiger partial charge in [0.1, 0.15) is 24.4 Å². The van der Waals surface area contributed by atoms with Gasteiger partial charge < -0.3 is 20.5 Å². The molecule has 1 aliphatic heterocycles. The molecular formula is C27H29F3N7O2P. The van der Waals surface area contributed by atoms with Gasteiger partial charge in [-0.1, -0.05) is 0 Å². The maximum atomic E-state index is 14.4. The molecule has 210 valence electrons. The average molecular weight is 572 g/mol. The van der Waals surface area contributed by atoms with Gasteiger partial charge in [0, 0.05) is 49.4 Å². The summed E-state index contributed by atoms with van der Waals surface area (Å²) in [7, 11) is -2.93. The minimum atomic E-state index is -4.53. The van der Waals surface area contributed by atoms with Gasteiger partial charge in [-0.2, -0.15) is 13.2 Å². The number of alkyl halides is 3. The normalized spacial score (nSPS) is 18.3. The van der Waals surface area contributed by atoms with E-state index in [2.05, 4.69) is 20.3 Å². The quantitative estimate of drug-likeness (QED) is 0.266. The minimum Gasteiger partial charge on any atom is -0.399 e. The van der Waals surface area contributed by atoms with Crippen molar-refractivity contribution in [1.29, 1.82) is 0 Å². The van der Waals surface area contributed by atoms with E-state index in [1.54, 1.807) is 36.7 Å². The van der Waals surface area contributed by atoms with Crippen LogP contribution in [0.3, 0.4) is 0 Å². The lowest BCUT2D eigenvalue weighted by Crippen LogP contribution is -2.42. The highest BCUT2D eigenvalue weighted by molar-refractivity contribution is 7.72. The van der Waals surface area contributed by atoms with E-state index >= 15 is 0 Å². The van der Waals surface area contributed by atoms with Crippen LogP contribution in [-0.2, 0) is 15.5 Å². The van der Waals surface area contributed by atoms with Gasteiger partial charge in [-0.25, -0.2) is 15.0 Å². The third-order valence-electron chi connectivity index (χ3n) is 7.71. The van der Waals surface area contributed by atoms with E-state index in [9.17, 15) is 22.5 Å². The standard InChI is InChI=1S/C27H29F3N7O2P/c1-15(18-11-19(27(28,29)30)13-20(31)12-18)33-23-21-14-22(25-32-5-6-37(25)24(21)35-16(2)34-23)40(39)9-7-36(8-10-40)26(38)17-3-4-17/h5-6,11-15,17H,3-4,7-10,31H2,1-2H3,(H,33,34,35)/t15-/m1/s1. The molecule has 4 heterocycles. The third kappa shape index (κ3) is 4.78. The Bertz CT molecular complexity index is 1690. The zero-order valence-electron chi connectivity index (χ0n) is 22.1. The third-order valence-corrected chi connectivity index (χ3v) is 10.8. The van der Waals surface area contributed by atoms with Crippen LogP contribution in [-0.4, -0.2) is 55.6 Å². The lowest BCUT2D eigenvalue weighted by Gasteiger charge is -2.33. The Hall–Kier alpha value is -3.66. The first-order valence-corrected chi connectivity index (χ1v) is 15.3. The van der Waals surface area contributed by atoms with Gasteiger partial charge in [-0.3, -0.25) is 9.20 Å². The van der Waals surface area contributed by atoms with Crippen molar-refractivity contribution in [3.63, 3.8) is 0 Å². The Morgan fingerprint density at radius 3 is 2.52 bits per heavy atom. The van der Waals surface area contributed by atoms with Gasteiger partial charge >= 0.3 is 6.18 Å². The van der Waals surface area contributed by atoms with E-state index in [1.807, 2.05) is 4.90 Å². The van der Waals surface area contributed by atoms with Crippen molar-refractivity contribution < 1.29 is 22.5 Å². The lowest BCUT2D eigenvalue weighted by molar-refractivity contribution is -0.137. The molecule has 3 aromatic heterocycles. The summed E-state index contributed by atoms with van der Waals surface area (Å²) in [6.07, 6.45) is 1.39.